The van der Waals surface area contributed by atoms with Crippen LogP contribution in [-0.4, -0.2) is 17.3 Å². The number of methoxy groups -OCH3 is 1. The highest BCUT2D eigenvalue weighted by atomic mass is 79.9. The lowest BCUT2D eigenvalue weighted by Gasteiger charge is -2.09. The Hall–Kier alpha value is -1.56. The third-order valence-corrected chi connectivity index (χ3v) is 2.63. The van der Waals surface area contributed by atoms with Gasteiger partial charge in [-0.3, -0.25) is 5.10 Å². The van der Waals surface area contributed by atoms with E-state index in [2.05, 4.69) is 26.1 Å². The van der Waals surface area contributed by atoms with Crippen LogP contribution in [-0.2, 0) is 0 Å². The zero-order chi connectivity index (χ0) is 11.7. The number of nitrogen functional groups attached to an aromatic ring is 1. The van der Waals surface area contributed by atoms with E-state index in [0.717, 1.165) is 0 Å². The SMILES string of the molecule is COc1c(F)cc(Br)cc1-c1cn[nH]c1N. The molecule has 0 amide bonds. The number of hydrogen-bond donors (Lipinski definition) is 2. The molecule has 16 heavy (non-hydrogen) atoms. The summed E-state index contributed by atoms with van der Waals surface area (Å²) in [7, 11) is 1.41. The molecule has 4 nitrogen and oxygen atoms in total. The first-order chi connectivity index (χ1) is 7.63. The molecule has 84 valence electrons. The average molecular weight is 286 g/mol. The van der Waals surface area contributed by atoms with Crippen molar-refractivity contribution in [2.75, 3.05) is 12.8 Å². The third-order valence-electron chi connectivity index (χ3n) is 2.17. The van der Waals surface area contributed by atoms with Crippen molar-refractivity contribution in [1.82, 2.24) is 10.2 Å². The van der Waals surface area contributed by atoms with Crippen molar-refractivity contribution in [3.05, 3.63) is 28.6 Å². The Bertz CT molecular complexity index is 527. The van der Waals surface area contributed by atoms with Crippen LogP contribution < -0.4 is 10.5 Å². The molecule has 1 heterocycles. The van der Waals surface area contributed by atoms with Gasteiger partial charge in [-0.2, -0.15) is 5.10 Å². The number of rotatable bonds is 2. The molecule has 1 aromatic heterocycles. The van der Waals surface area contributed by atoms with Gasteiger partial charge in [-0.05, 0) is 12.1 Å². The summed E-state index contributed by atoms with van der Waals surface area (Å²) in [6.45, 7) is 0. The summed E-state index contributed by atoms with van der Waals surface area (Å²) in [6, 6.07) is 3.06. The summed E-state index contributed by atoms with van der Waals surface area (Å²) < 4.78 is 19.2. The van der Waals surface area contributed by atoms with E-state index in [1.165, 1.54) is 19.4 Å². The lowest BCUT2D eigenvalue weighted by molar-refractivity contribution is 0.388. The first-order valence-corrected chi connectivity index (χ1v) is 5.25. The number of anilines is 1. The van der Waals surface area contributed by atoms with Crippen LogP contribution >= 0.6 is 15.9 Å². The maximum Gasteiger partial charge on any atom is 0.166 e. The lowest BCUT2D eigenvalue weighted by atomic mass is 10.1. The summed E-state index contributed by atoms with van der Waals surface area (Å²) >= 11 is 3.22. The van der Waals surface area contributed by atoms with Gasteiger partial charge in [-0.15, -0.1) is 0 Å². The fraction of sp³-hybridized carbons (Fsp3) is 0.100. The molecule has 2 aromatic rings. The van der Waals surface area contributed by atoms with E-state index in [0.29, 0.717) is 21.4 Å². The van der Waals surface area contributed by atoms with Crippen LogP contribution in [0.4, 0.5) is 10.2 Å². The molecule has 0 fully saturated rings. The van der Waals surface area contributed by atoms with Crippen LogP contribution in [0.3, 0.4) is 0 Å². The molecular weight excluding hydrogens is 277 g/mol. The van der Waals surface area contributed by atoms with Crippen LogP contribution in [0.15, 0.2) is 22.8 Å². The normalized spacial score (nSPS) is 10.4. The van der Waals surface area contributed by atoms with Crippen LogP contribution in [0.25, 0.3) is 11.1 Å². The Morgan fingerprint density at radius 3 is 2.75 bits per heavy atom. The average Bonchev–Trinajstić information content (AvgIpc) is 2.63. The number of benzene rings is 1. The van der Waals surface area contributed by atoms with Gasteiger partial charge in [-0.25, -0.2) is 4.39 Å². The number of aromatic amines is 1. The third kappa shape index (κ3) is 1.76. The van der Waals surface area contributed by atoms with Gasteiger partial charge in [0.2, 0.25) is 0 Å². The number of nitrogens with one attached hydrogen (secondary N) is 1. The van der Waals surface area contributed by atoms with Gasteiger partial charge in [0, 0.05) is 15.6 Å². The quantitative estimate of drug-likeness (QED) is 0.891. The topological polar surface area (TPSA) is 63.9 Å². The van der Waals surface area contributed by atoms with Crippen molar-refractivity contribution in [2.45, 2.75) is 0 Å². The molecule has 0 aliphatic carbocycles. The van der Waals surface area contributed by atoms with E-state index >= 15 is 0 Å². The fourth-order valence-electron chi connectivity index (χ4n) is 1.48. The van der Waals surface area contributed by atoms with Crippen molar-refractivity contribution in [3.63, 3.8) is 0 Å². The minimum Gasteiger partial charge on any atom is -0.493 e. The Morgan fingerprint density at radius 1 is 1.44 bits per heavy atom. The first kappa shape index (κ1) is 10.9. The predicted molar refractivity (Wildman–Crippen MR) is 62.6 cm³/mol. The number of aromatic nitrogens is 2. The molecule has 0 spiro atoms. The maximum atomic E-state index is 13.6. The van der Waals surface area contributed by atoms with Gasteiger partial charge in [0.05, 0.1) is 13.3 Å². The van der Waals surface area contributed by atoms with Crippen LogP contribution in [0.5, 0.6) is 5.75 Å². The van der Waals surface area contributed by atoms with Crippen molar-refractivity contribution >= 4 is 21.7 Å². The number of H-pyrrole nitrogens is 1. The van der Waals surface area contributed by atoms with Gasteiger partial charge >= 0.3 is 0 Å². The summed E-state index contributed by atoms with van der Waals surface area (Å²) in [6.07, 6.45) is 1.53. The van der Waals surface area contributed by atoms with E-state index in [1.54, 1.807) is 6.07 Å². The molecule has 0 saturated heterocycles. The molecule has 0 radical (unpaired) electrons. The van der Waals surface area contributed by atoms with Gasteiger partial charge < -0.3 is 10.5 Å². The summed E-state index contributed by atoms with van der Waals surface area (Å²) in [5.41, 5.74) is 6.85. The highest BCUT2D eigenvalue weighted by molar-refractivity contribution is 9.10. The minimum absolute atomic E-state index is 0.149. The fourth-order valence-corrected chi connectivity index (χ4v) is 1.91. The zero-order valence-electron chi connectivity index (χ0n) is 8.42. The zero-order valence-corrected chi connectivity index (χ0v) is 10.0. The summed E-state index contributed by atoms with van der Waals surface area (Å²) in [4.78, 5) is 0. The largest absolute Gasteiger partial charge is 0.493 e. The molecule has 1 aromatic carbocycles. The van der Waals surface area contributed by atoms with Crippen molar-refractivity contribution in [3.8, 4) is 16.9 Å². The van der Waals surface area contributed by atoms with E-state index in [4.69, 9.17) is 10.5 Å². The monoisotopic (exact) mass is 285 g/mol. The Kier molecular flexibility index (Phi) is 2.82. The number of nitrogens with two attached hydrogens (primary N) is 1. The van der Waals surface area contributed by atoms with Crippen molar-refractivity contribution < 1.29 is 9.13 Å². The number of hydrogen-bond acceptors (Lipinski definition) is 3. The Labute approximate surface area is 99.7 Å². The smallest absolute Gasteiger partial charge is 0.166 e. The van der Waals surface area contributed by atoms with Gasteiger partial charge in [0.1, 0.15) is 5.82 Å². The maximum absolute atomic E-state index is 13.6. The van der Waals surface area contributed by atoms with Gasteiger partial charge in [0.15, 0.2) is 11.6 Å². The number of halogens is 2. The lowest BCUT2D eigenvalue weighted by Crippen LogP contribution is -1.94. The number of nitrogens with zero attached hydrogens (tertiary/aromatic N) is 1. The summed E-state index contributed by atoms with van der Waals surface area (Å²) in [5.74, 6) is 0.0691. The minimum atomic E-state index is -0.451. The first-order valence-electron chi connectivity index (χ1n) is 4.45. The highest BCUT2D eigenvalue weighted by Gasteiger charge is 2.15. The van der Waals surface area contributed by atoms with Crippen molar-refractivity contribution in [1.29, 1.82) is 0 Å². The molecule has 0 aliphatic rings. The van der Waals surface area contributed by atoms with E-state index < -0.39 is 5.82 Å². The Morgan fingerprint density at radius 2 is 2.19 bits per heavy atom. The second kappa shape index (κ2) is 4.13. The summed E-state index contributed by atoms with van der Waals surface area (Å²) in [5, 5.41) is 6.38. The molecule has 2 rings (SSSR count). The molecule has 0 bridgehead atoms. The molecule has 0 saturated carbocycles. The van der Waals surface area contributed by atoms with Gasteiger partial charge in [0.25, 0.3) is 0 Å². The second-order valence-electron chi connectivity index (χ2n) is 3.17. The van der Waals surface area contributed by atoms with Crippen LogP contribution in [0.2, 0.25) is 0 Å². The molecule has 0 unspecified atom stereocenters. The van der Waals surface area contributed by atoms with E-state index in [1.807, 2.05) is 0 Å². The Balaban J connectivity index is 2.68. The standard InChI is InChI=1S/C10H9BrFN3O/c1-16-9-6(2-5(11)3-8(9)12)7-4-14-15-10(7)13/h2-4H,1H3,(H3,13,14,15). The highest BCUT2D eigenvalue weighted by Crippen LogP contribution is 2.36. The predicted octanol–water partition coefficient (Wildman–Crippen LogP) is 2.57. The molecular formula is C10H9BrFN3O. The van der Waals surface area contributed by atoms with Crippen molar-refractivity contribution in [2.24, 2.45) is 0 Å². The molecule has 0 atom stereocenters. The number of ether oxygens (including phenoxy) is 1. The van der Waals surface area contributed by atoms with Crippen LogP contribution in [0, 0.1) is 5.82 Å². The van der Waals surface area contributed by atoms with Crippen LogP contribution in [0.1, 0.15) is 0 Å². The van der Waals surface area contributed by atoms with E-state index in [-0.39, 0.29) is 5.75 Å². The van der Waals surface area contributed by atoms with E-state index in [9.17, 15) is 4.39 Å². The molecule has 0 aliphatic heterocycles. The molecule has 6 heteroatoms. The second-order valence-corrected chi connectivity index (χ2v) is 4.08. The van der Waals surface area contributed by atoms with Gasteiger partial charge in [-0.1, -0.05) is 15.9 Å². The molecule has 3 N–H and O–H groups in total.